The lowest BCUT2D eigenvalue weighted by molar-refractivity contribution is 0.297. The molecule has 0 amide bonds. The maximum atomic E-state index is 2.53. The van der Waals surface area contributed by atoms with Crippen molar-refractivity contribution < 1.29 is 0 Å². The average Bonchev–Trinajstić information content (AvgIpc) is 2.64. The Morgan fingerprint density at radius 3 is 2.40 bits per heavy atom. The highest BCUT2D eigenvalue weighted by Gasteiger charge is 2.25. The van der Waals surface area contributed by atoms with Crippen LogP contribution in [0.4, 0.5) is 0 Å². The molecular weight excluding hydrogens is 304 g/mol. The maximum Gasteiger partial charge on any atom is 0.0726 e. The smallest absolute Gasteiger partial charge is 0.0726 e. The lowest BCUT2D eigenvalue weighted by Gasteiger charge is -2.35. The summed E-state index contributed by atoms with van der Waals surface area (Å²) < 4.78 is 0. The lowest BCUT2D eigenvalue weighted by atomic mass is 9.82. The van der Waals surface area contributed by atoms with Crippen LogP contribution in [0.5, 0.6) is 0 Å². The Bertz CT molecular complexity index is 546. The van der Waals surface area contributed by atoms with Gasteiger partial charge in [0.25, 0.3) is 0 Å². The van der Waals surface area contributed by atoms with E-state index >= 15 is 0 Å². The largest absolute Gasteiger partial charge is 0.370 e. The van der Waals surface area contributed by atoms with Crippen molar-refractivity contribution in [3.63, 3.8) is 0 Å². The molecule has 0 radical (unpaired) electrons. The Morgan fingerprint density at radius 1 is 1.00 bits per heavy atom. The summed E-state index contributed by atoms with van der Waals surface area (Å²) in [4.78, 5) is 4.89. The Kier molecular flexibility index (Phi) is 8.02. The van der Waals surface area contributed by atoms with Crippen LogP contribution in [0.15, 0.2) is 46.7 Å². The van der Waals surface area contributed by atoms with Crippen molar-refractivity contribution in [1.29, 1.82) is 0 Å². The van der Waals surface area contributed by atoms with Gasteiger partial charge >= 0.3 is 0 Å². The molecular formula is C23H38N2. The molecule has 2 rings (SSSR count). The van der Waals surface area contributed by atoms with Crippen molar-refractivity contribution in [2.45, 2.75) is 72.3 Å². The number of fused-ring (bicyclic) bond motifs is 1. The van der Waals surface area contributed by atoms with Gasteiger partial charge in [0.05, 0.1) is 6.04 Å². The van der Waals surface area contributed by atoms with Crippen LogP contribution in [0.3, 0.4) is 0 Å². The number of hydrogen-bond acceptors (Lipinski definition) is 2. The fourth-order valence-electron chi connectivity index (χ4n) is 4.03. The zero-order valence-corrected chi connectivity index (χ0v) is 17.1. The van der Waals surface area contributed by atoms with Crippen LogP contribution in [0.2, 0.25) is 0 Å². The fraction of sp³-hybridized carbons (Fsp3) is 0.652. The summed E-state index contributed by atoms with van der Waals surface area (Å²) in [7, 11) is 2.20. The van der Waals surface area contributed by atoms with E-state index in [-0.39, 0.29) is 0 Å². The van der Waals surface area contributed by atoms with E-state index in [2.05, 4.69) is 69.0 Å². The predicted molar refractivity (Wildman–Crippen MR) is 111 cm³/mol. The van der Waals surface area contributed by atoms with Gasteiger partial charge in [-0.2, -0.15) is 0 Å². The molecule has 1 heterocycles. The zero-order chi connectivity index (χ0) is 18.2. The van der Waals surface area contributed by atoms with Crippen LogP contribution < -0.4 is 0 Å². The standard InChI is InChI=1S/C23H38N2/c1-6-12-20-14-16-24(5)23-18-19(7-2)21(17-22(20)23)13-10-11-15-25(8-3)9-4/h14,16-18,23H,6-13,15H2,1-5H3. The molecule has 0 N–H and O–H groups in total. The molecule has 0 aromatic heterocycles. The van der Waals surface area contributed by atoms with Crippen molar-refractivity contribution in [3.05, 3.63) is 46.7 Å². The second-order valence-electron chi connectivity index (χ2n) is 7.36. The molecule has 0 aromatic rings. The second-order valence-corrected chi connectivity index (χ2v) is 7.36. The molecule has 0 saturated carbocycles. The van der Waals surface area contributed by atoms with Gasteiger partial charge in [-0.1, -0.05) is 46.3 Å². The molecule has 2 aliphatic rings. The fourth-order valence-corrected chi connectivity index (χ4v) is 4.03. The van der Waals surface area contributed by atoms with Crippen LogP contribution in [-0.2, 0) is 0 Å². The van der Waals surface area contributed by atoms with Gasteiger partial charge < -0.3 is 9.80 Å². The third kappa shape index (κ3) is 5.10. The van der Waals surface area contributed by atoms with E-state index in [0.717, 1.165) is 6.42 Å². The van der Waals surface area contributed by atoms with Gasteiger partial charge in [0, 0.05) is 7.05 Å². The molecule has 140 valence electrons. The first-order valence-electron chi connectivity index (χ1n) is 10.4. The van der Waals surface area contributed by atoms with E-state index in [1.54, 1.807) is 16.7 Å². The molecule has 0 bridgehead atoms. The Hall–Kier alpha value is -1.28. The molecule has 1 atom stereocenters. The van der Waals surface area contributed by atoms with E-state index in [0.29, 0.717) is 6.04 Å². The normalized spacial score (nSPS) is 20.1. The quantitative estimate of drug-likeness (QED) is 0.470. The summed E-state index contributed by atoms with van der Waals surface area (Å²) in [5.41, 5.74) is 6.24. The molecule has 2 nitrogen and oxygen atoms in total. The molecule has 1 unspecified atom stereocenters. The van der Waals surface area contributed by atoms with Crippen LogP contribution in [0.1, 0.15) is 66.2 Å². The lowest BCUT2D eigenvalue weighted by Crippen LogP contribution is -2.32. The van der Waals surface area contributed by atoms with Gasteiger partial charge in [-0.05, 0) is 86.3 Å². The molecule has 1 aliphatic carbocycles. The van der Waals surface area contributed by atoms with Crippen molar-refractivity contribution in [1.82, 2.24) is 9.80 Å². The Morgan fingerprint density at radius 2 is 1.76 bits per heavy atom. The number of likely N-dealkylation sites (N-methyl/N-ethyl adjacent to an activating group) is 1. The first-order chi connectivity index (χ1) is 12.1. The maximum absolute atomic E-state index is 2.53. The summed E-state index contributed by atoms with van der Waals surface area (Å²) in [5.74, 6) is 0. The van der Waals surface area contributed by atoms with Crippen molar-refractivity contribution in [3.8, 4) is 0 Å². The highest BCUT2D eigenvalue weighted by Crippen LogP contribution is 2.35. The average molecular weight is 343 g/mol. The summed E-state index contributed by atoms with van der Waals surface area (Å²) in [6, 6.07) is 0.445. The number of nitrogens with zero attached hydrogens (tertiary/aromatic N) is 2. The predicted octanol–water partition coefficient (Wildman–Crippen LogP) is 5.70. The molecule has 2 heteroatoms. The highest BCUT2D eigenvalue weighted by molar-refractivity contribution is 5.52. The third-order valence-electron chi connectivity index (χ3n) is 5.71. The van der Waals surface area contributed by atoms with Crippen LogP contribution in [0.25, 0.3) is 0 Å². The van der Waals surface area contributed by atoms with Gasteiger partial charge in [-0.15, -0.1) is 0 Å². The molecule has 25 heavy (non-hydrogen) atoms. The van der Waals surface area contributed by atoms with Gasteiger partial charge in [-0.25, -0.2) is 0 Å². The summed E-state index contributed by atoms with van der Waals surface area (Å²) in [6.07, 6.45) is 17.0. The Balaban J connectivity index is 2.09. The zero-order valence-electron chi connectivity index (χ0n) is 17.1. The minimum Gasteiger partial charge on any atom is -0.370 e. The Labute approximate surface area is 156 Å². The van der Waals surface area contributed by atoms with Gasteiger partial charge in [0.15, 0.2) is 0 Å². The minimum absolute atomic E-state index is 0.445. The van der Waals surface area contributed by atoms with Crippen molar-refractivity contribution >= 4 is 0 Å². The number of hydrogen-bond donors (Lipinski definition) is 0. The van der Waals surface area contributed by atoms with Crippen LogP contribution >= 0.6 is 0 Å². The number of allylic oxidation sites excluding steroid dienone is 4. The molecule has 0 aromatic carbocycles. The van der Waals surface area contributed by atoms with Crippen molar-refractivity contribution in [2.24, 2.45) is 0 Å². The minimum atomic E-state index is 0.445. The van der Waals surface area contributed by atoms with Crippen LogP contribution in [-0.4, -0.2) is 42.5 Å². The van der Waals surface area contributed by atoms with E-state index in [9.17, 15) is 0 Å². The molecule has 0 saturated heterocycles. The van der Waals surface area contributed by atoms with Crippen molar-refractivity contribution in [2.75, 3.05) is 26.7 Å². The molecule has 1 aliphatic heterocycles. The SMILES string of the molecule is CCCC1=C2C=C(CCCCN(CC)CC)C(CC)=CC2N(C)C=C1. The van der Waals surface area contributed by atoms with E-state index in [1.807, 2.05) is 0 Å². The van der Waals surface area contributed by atoms with Gasteiger partial charge in [0.2, 0.25) is 0 Å². The molecule has 0 fully saturated rings. The summed E-state index contributed by atoms with van der Waals surface area (Å²) >= 11 is 0. The summed E-state index contributed by atoms with van der Waals surface area (Å²) in [5, 5.41) is 0. The third-order valence-corrected chi connectivity index (χ3v) is 5.71. The monoisotopic (exact) mass is 342 g/mol. The first kappa shape index (κ1) is 20.0. The highest BCUT2D eigenvalue weighted by atomic mass is 15.1. The first-order valence-corrected chi connectivity index (χ1v) is 10.4. The van der Waals surface area contributed by atoms with Gasteiger partial charge in [-0.3, -0.25) is 0 Å². The van der Waals surface area contributed by atoms with E-state index in [1.165, 1.54) is 57.3 Å². The molecule has 0 spiro atoms. The van der Waals surface area contributed by atoms with E-state index < -0.39 is 0 Å². The second kappa shape index (κ2) is 10.0. The summed E-state index contributed by atoms with van der Waals surface area (Å²) in [6.45, 7) is 12.7. The topological polar surface area (TPSA) is 6.48 Å². The van der Waals surface area contributed by atoms with Crippen LogP contribution in [0, 0.1) is 0 Å². The number of unbranched alkanes of at least 4 members (excludes halogenated alkanes) is 1. The van der Waals surface area contributed by atoms with Gasteiger partial charge in [0.1, 0.15) is 0 Å². The van der Waals surface area contributed by atoms with E-state index in [4.69, 9.17) is 0 Å². The number of rotatable bonds is 10.